The largest absolute Gasteiger partial charge is 0.309 e. The van der Waals surface area contributed by atoms with Gasteiger partial charge in [0.15, 0.2) is 0 Å². The van der Waals surface area contributed by atoms with Gasteiger partial charge in [-0.25, -0.2) is 0 Å². The Morgan fingerprint density at radius 1 is 0.654 bits per heavy atom. The van der Waals surface area contributed by atoms with Crippen LogP contribution in [0.2, 0.25) is 0 Å². The summed E-state index contributed by atoms with van der Waals surface area (Å²) in [5.74, 6) is 0. The maximum absolute atomic E-state index is 2.51. The van der Waals surface area contributed by atoms with Crippen molar-refractivity contribution < 1.29 is 0 Å². The molecule has 0 spiro atoms. The second kappa shape index (κ2) is 6.64. The molecule has 0 aliphatic carbocycles. The van der Waals surface area contributed by atoms with Gasteiger partial charge in [-0.05, 0) is 81.3 Å². The summed E-state index contributed by atoms with van der Waals surface area (Å²) in [5, 5.41) is 0. The molecular formula is C25H27N. The van der Waals surface area contributed by atoms with Gasteiger partial charge in [-0.15, -0.1) is 0 Å². The molecular weight excluding hydrogens is 314 g/mol. The average molecular weight is 341 g/mol. The van der Waals surface area contributed by atoms with Crippen molar-refractivity contribution in [3.05, 3.63) is 88.0 Å². The van der Waals surface area contributed by atoms with Crippen molar-refractivity contribution in [1.82, 2.24) is 0 Å². The summed E-state index contributed by atoms with van der Waals surface area (Å²) in [4.78, 5) is 2.51. The van der Waals surface area contributed by atoms with E-state index in [2.05, 4.69) is 87.2 Å². The molecule has 4 rings (SSSR count). The molecule has 1 heteroatoms. The predicted molar refractivity (Wildman–Crippen MR) is 112 cm³/mol. The van der Waals surface area contributed by atoms with E-state index in [1.807, 2.05) is 0 Å². The number of nitrogens with zero attached hydrogens (tertiary/aromatic N) is 1. The molecule has 1 nitrogen and oxygen atoms in total. The van der Waals surface area contributed by atoms with E-state index in [1.165, 1.54) is 56.9 Å². The van der Waals surface area contributed by atoms with E-state index < -0.39 is 0 Å². The van der Waals surface area contributed by atoms with Crippen molar-refractivity contribution in [1.29, 1.82) is 0 Å². The second-order valence-electron chi connectivity index (χ2n) is 7.70. The first-order valence-electron chi connectivity index (χ1n) is 9.60. The van der Waals surface area contributed by atoms with E-state index in [9.17, 15) is 0 Å². The Morgan fingerprint density at radius 3 is 2.08 bits per heavy atom. The highest BCUT2D eigenvalue weighted by Crippen LogP contribution is 2.43. The van der Waals surface area contributed by atoms with Gasteiger partial charge in [0.1, 0.15) is 0 Å². The number of fused-ring (bicyclic) bond motifs is 2. The number of aryl methyl sites for hydroxylation is 6. The van der Waals surface area contributed by atoms with Crippen LogP contribution in [0.25, 0.3) is 0 Å². The lowest BCUT2D eigenvalue weighted by molar-refractivity contribution is 0.809. The van der Waals surface area contributed by atoms with Crippen LogP contribution in [-0.4, -0.2) is 0 Å². The van der Waals surface area contributed by atoms with Gasteiger partial charge >= 0.3 is 0 Å². The fourth-order valence-electron chi connectivity index (χ4n) is 4.44. The Balaban J connectivity index is 2.04. The van der Waals surface area contributed by atoms with Crippen molar-refractivity contribution in [2.75, 3.05) is 4.90 Å². The van der Waals surface area contributed by atoms with Crippen molar-refractivity contribution in [3.63, 3.8) is 0 Å². The summed E-state index contributed by atoms with van der Waals surface area (Å²) in [7, 11) is 0. The molecule has 0 saturated heterocycles. The quantitative estimate of drug-likeness (QED) is 0.466. The van der Waals surface area contributed by atoms with Crippen molar-refractivity contribution in [2.24, 2.45) is 0 Å². The van der Waals surface area contributed by atoms with Crippen LogP contribution in [0.4, 0.5) is 17.1 Å². The monoisotopic (exact) mass is 341 g/mol. The van der Waals surface area contributed by atoms with E-state index in [4.69, 9.17) is 0 Å². The molecule has 1 heterocycles. The third-order valence-electron chi connectivity index (χ3n) is 5.46. The minimum absolute atomic E-state index is 1.13. The smallest absolute Gasteiger partial charge is 0.0520 e. The zero-order chi connectivity index (χ0) is 18.3. The Hall–Kier alpha value is -2.54. The Bertz CT molecular complexity index is 945. The van der Waals surface area contributed by atoms with Gasteiger partial charge in [0.25, 0.3) is 0 Å². The molecule has 3 aromatic carbocycles. The Kier molecular flexibility index (Phi) is 4.32. The van der Waals surface area contributed by atoms with Crippen LogP contribution in [0.5, 0.6) is 0 Å². The normalized spacial score (nSPS) is 13.6. The molecule has 0 saturated carbocycles. The molecule has 0 atom stereocenters. The van der Waals surface area contributed by atoms with E-state index in [-0.39, 0.29) is 0 Å². The number of hydrogen-bond donors (Lipinski definition) is 0. The summed E-state index contributed by atoms with van der Waals surface area (Å²) >= 11 is 0. The number of rotatable bonds is 1. The summed E-state index contributed by atoms with van der Waals surface area (Å²) < 4.78 is 0. The summed E-state index contributed by atoms with van der Waals surface area (Å²) in [6.07, 6.45) is 3.46. The second-order valence-corrected chi connectivity index (χ2v) is 7.70. The molecule has 132 valence electrons. The lowest BCUT2D eigenvalue weighted by Crippen LogP contribution is -2.18. The fourth-order valence-corrected chi connectivity index (χ4v) is 4.44. The van der Waals surface area contributed by atoms with E-state index >= 15 is 0 Å². The van der Waals surface area contributed by atoms with Gasteiger partial charge in [0.05, 0.1) is 5.69 Å². The SMILES string of the molecule is Cc1cc(C)c(N2c3ccccc3CCCc3cc(C)ccc32)c(C)c1. The van der Waals surface area contributed by atoms with Gasteiger partial charge in [-0.3, -0.25) is 0 Å². The molecule has 1 aliphatic rings. The van der Waals surface area contributed by atoms with Crippen molar-refractivity contribution in [3.8, 4) is 0 Å². The van der Waals surface area contributed by atoms with Crippen LogP contribution in [0.1, 0.15) is 39.8 Å². The van der Waals surface area contributed by atoms with Crippen LogP contribution in [0.3, 0.4) is 0 Å². The van der Waals surface area contributed by atoms with Gasteiger partial charge in [-0.2, -0.15) is 0 Å². The standard InChI is InChI=1S/C25H27N/c1-17-12-13-24-22(16-17)10-7-9-21-8-5-6-11-23(21)26(24)25-19(3)14-18(2)15-20(25)4/h5-6,8,11-16H,7,9-10H2,1-4H3. The van der Waals surface area contributed by atoms with Crippen LogP contribution in [-0.2, 0) is 12.8 Å². The zero-order valence-electron chi connectivity index (χ0n) is 16.3. The van der Waals surface area contributed by atoms with Gasteiger partial charge in [0, 0.05) is 11.4 Å². The first kappa shape index (κ1) is 16.9. The molecule has 0 fully saturated rings. The highest BCUT2D eigenvalue weighted by Gasteiger charge is 2.23. The predicted octanol–water partition coefficient (Wildman–Crippen LogP) is 6.88. The number of para-hydroxylation sites is 1. The minimum atomic E-state index is 1.13. The van der Waals surface area contributed by atoms with Crippen molar-refractivity contribution >= 4 is 17.1 Å². The first-order valence-corrected chi connectivity index (χ1v) is 9.60. The maximum atomic E-state index is 2.51. The summed E-state index contributed by atoms with van der Waals surface area (Å²) in [6, 6.07) is 20.4. The molecule has 0 amide bonds. The third kappa shape index (κ3) is 2.92. The maximum Gasteiger partial charge on any atom is 0.0520 e. The van der Waals surface area contributed by atoms with E-state index in [1.54, 1.807) is 0 Å². The highest BCUT2D eigenvalue weighted by molar-refractivity contribution is 5.84. The molecule has 26 heavy (non-hydrogen) atoms. The molecule has 0 aromatic heterocycles. The van der Waals surface area contributed by atoms with Crippen molar-refractivity contribution in [2.45, 2.75) is 47.0 Å². The van der Waals surface area contributed by atoms with Gasteiger partial charge in [0.2, 0.25) is 0 Å². The molecule has 3 aromatic rings. The fraction of sp³-hybridized carbons (Fsp3) is 0.280. The minimum Gasteiger partial charge on any atom is -0.309 e. The highest BCUT2D eigenvalue weighted by atomic mass is 15.2. The van der Waals surface area contributed by atoms with Crippen LogP contribution < -0.4 is 4.90 Å². The molecule has 0 bridgehead atoms. The molecule has 0 unspecified atom stereocenters. The number of anilines is 3. The third-order valence-corrected chi connectivity index (χ3v) is 5.46. The number of benzene rings is 3. The molecule has 0 radical (unpaired) electrons. The molecule has 0 N–H and O–H groups in total. The lowest BCUT2D eigenvalue weighted by atomic mass is 9.94. The molecule has 1 aliphatic heterocycles. The lowest BCUT2D eigenvalue weighted by Gasteiger charge is -2.34. The van der Waals surface area contributed by atoms with Crippen LogP contribution >= 0.6 is 0 Å². The van der Waals surface area contributed by atoms with Gasteiger partial charge in [-0.1, -0.05) is 53.6 Å². The Labute approximate surface area is 157 Å². The average Bonchev–Trinajstić information content (AvgIpc) is 2.58. The number of hydrogen-bond acceptors (Lipinski definition) is 1. The van der Waals surface area contributed by atoms with Crippen LogP contribution in [0.15, 0.2) is 54.6 Å². The Morgan fingerprint density at radius 2 is 1.31 bits per heavy atom. The van der Waals surface area contributed by atoms with Crippen LogP contribution in [0, 0.1) is 27.7 Å². The zero-order valence-corrected chi connectivity index (χ0v) is 16.3. The van der Waals surface area contributed by atoms with E-state index in [0.717, 1.165) is 12.8 Å². The van der Waals surface area contributed by atoms with Gasteiger partial charge < -0.3 is 4.90 Å². The summed E-state index contributed by atoms with van der Waals surface area (Å²) in [6.45, 7) is 8.86. The van der Waals surface area contributed by atoms with E-state index in [0.29, 0.717) is 0 Å². The topological polar surface area (TPSA) is 3.24 Å². The summed E-state index contributed by atoms with van der Waals surface area (Å²) in [5.41, 5.74) is 12.2. The first-order chi connectivity index (χ1) is 12.5.